The molecule has 2 rings (SSSR count). The fraction of sp³-hybridized carbons (Fsp3) is 0.182. The molecule has 1 heterocycles. The number of nitrogen functional groups attached to an aromatic ring is 1. The largest absolute Gasteiger partial charge is 0.398 e. The lowest BCUT2D eigenvalue weighted by Gasteiger charge is -2.08. The molecule has 2 N–H and O–H groups in total. The maximum atomic E-state index is 6.09. The number of fused-ring (bicyclic) bond motifs is 1. The van der Waals surface area contributed by atoms with Crippen molar-refractivity contribution in [2.75, 3.05) is 5.73 Å². The van der Waals surface area contributed by atoms with Crippen molar-refractivity contribution in [3.05, 3.63) is 35.0 Å². The number of benzene rings is 1. The Hall–Kier alpha value is -1.28. The molecule has 0 atom stereocenters. The maximum absolute atomic E-state index is 6.09. The number of hydrogen-bond donors (Lipinski definition) is 1. The molecule has 0 saturated carbocycles. The van der Waals surface area contributed by atoms with Gasteiger partial charge >= 0.3 is 0 Å². The molecule has 0 bridgehead atoms. The van der Waals surface area contributed by atoms with E-state index < -0.39 is 0 Å². The van der Waals surface area contributed by atoms with Crippen LogP contribution in [0.15, 0.2) is 24.4 Å². The lowest BCUT2D eigenvalue weighted by atomic mass is 10.1. The van der Waals surface area contributed by atoms with Crippen molar-refractivity contribution in [3.63, 3.8) is 0 Å². The number of nitrogens with two attached hydrogens (primary N) is 1. The second kappa shape index (κ2) is 3.46. The van der Waals surface area contributed by atoms with E-state index in [9.17, 15) is 0 Å². The Labute approximate surface area is 87.7 Å². The molecular formula is C11H11ClN2. The molecular weight excluding hydrogens is 196 g/mol. The quantitative estimate of drug-likeness (QED) is 0.729. The molecule has 0 aliphatic carbocycles. The average molecular weight is 207 g/mol. The lowest BCUT2D eigenvalue weighted by Crippen LogP contribution is -1.95. The molecule has 1 aromatic carbocycles. The van der Waals surface area contributed by atoms with E-state index in [1.165, 1.54) is 0 Å². The summed E-state index contributed by atoms with van der Waals surface area (Å²) in [6, 6.07) is 5.71. The molecule has 1 aromatic heterocycles. The van der Waals surface area contributed by atoms with E-state index in [2.05, 4.69) is 11.9 Å². The second-order valence-corrected chi connectivity index (χ2v) is 3.59. The normalized spacial score (nSPS) is 10.7. The predicted molar refractivity (Wildman–Crippen MR) is 60.5 cm³/mol. The van der Waals surface area contributed by atoms with Gasteiger partial charge in [0.2, 0.25) is 0 Å². The van der Waals surface area contributed by atoms with Gasteiger partial charge in [0, 0.05) is 17.3 Å². The van der Waals surface area contributed by atoms with Gasteiger partial charge in [0.05, 0.1) is 10.5 Å². The van der Waals surface area contributed by atoms with Crippen molar-refractivity contribution in [1.29, 1.82) is 0 Å². The Bertz CT molecular complexity index is 480. The van der Waals surface area contributed by atoms with Crippen molar-refractivity contribution in [1.82, 2.24) is 4.98 Å². The van der Waals surface area contributed by atoms with Gasteiger partial charge in [-0.1, -0.05) is 18.5 Å². The first kappa shape index (κ1) is 9.28. The lowest BCUT2D eigenvalue weighted by molar-refractivity contribution is 1.15. The fourth-order valence-corrected chi connectivity index (χ4v) is 1.86. The molecule has 3 heteroatoms. The highest BCUT2D eigenvalue weighted by Gasteiger charge is 2.07. The third kappa shape index (κ3) is 1.32. The number of anilines is 1. The summed E-state index contributed by atoms with van der Waals surface area (Å²) >= 11 is 6.09. The first-order valence-corrected chi connectivity index (χ1v) is 4.93. The molecule has 0 fully saturated rings. The Balaban J connectivity index is 2.87. The van der Waals surface area contributed by atoms with Crippen molar-refractivity contribution < 1.29 is 0 Å². The van der Waals surface area contributed by atoms with Gasteiger partial charge in [-0.3, -0.25) is 4.98 Å². The number of pyridine rings is 1. The van der Waals surface area contributed by atoms with Crippen LogP contribution >= 0.6 is 11.6 Å². The molecule has 2 nitrogen and oxygen atoms in total. The molecule has 0 radical (unpaired) electrons. The van der Waals surface area contributed by atoms with Gasteiger partial charge < -0.3 is 5.73 Å². The van der Waals surface area contributed by atoms with Crippen LogP contribution in [0.4, 0.5) is 5.69 Å². The zero-order valence-electron chi connectivity index (χ0n) is 7.92. The number of rotatable bonds is 1. The molecule has 2 aromatic rings. The van der Waals surface area contributed by atoms with Gasteiger partial charge in [0.15, 0.2) is 0 Å². The van der Waals surface area contributed by atoms with Gasteiger partial charge in [-0.25, -0.2) is 0 Å². The van der Waals surface area contributed by atoms with Crippen LogP contribution in [0.1, 0.15) is 12.5 Å². The van der Waals surface area contributed by atoms with Gasteiger partial charge in [-0.15, -0.1) is 0 Å². The van der Waals surface area contributed by atoms with Gasteiger partial charge in [-0.05, 0) is 30.2 Å². The van der Waals surface area contributed by atoms with Crippen LogP contribution in [0, 0.1) is 0 Å². The van der Waals surface area contributed by atoms with Crippen molar-refractivity contribution in [2.24, 2.45) is 0 Å². The minimum Gasteiger partial charge on any atom is -0.398 e. The van der Waals surface area contributed by atoms with Crippen LogP contribution in [-0.4, -0.2) is 4.98 Å². The Morgan fingerprint density at radius 2 is 2.29 bits per heavy atom. The highest BCUT2D eigenvalue weighted by atomic mass is 35.5. The topological polar surface area (TPSA) is 38.9 Å². The maximum Gasteiger partial charge on any atom is 0.0908 e. The van der Waals surface area contributed by atoms with Gasteiger partial charge in [0.25, 0.3) is 0 Å². The van der Waals surface area contributed by atoms with Crippen LogP contribution in [-0.2, 0) is 6.42 Å². The van der Waals surface area contributed by atoms with E-state index in [0.29, 0.717) is 5.02 Å². The summed E-state index contributed by atoms with van der Waals surface area (Å²) in [5.74, 6) is 0. The van der Waals surface area contributed by atoms with Crippen LogP contribution < -0.4 is 5.73 Å². The van der Waals surface area contributed by atoms with E-state index in [-0.39, 0.29) is 0 Å². The SMILES string of the molecule is CCc1cc(Cl)c2ncccc2c1N. The van der Waals surface area contributed by atoms with Crippen LogP contribution in [0.25, 0.3) is 10.9 Å². The van der Waals surface area contributed by atoms with Crippen LogP contribution in [0.3, 0.4) is 0 Å². The van der Waals surface area contributed by atoms with Crippen molar-refractivity contribution >= 4 is 28.2 Å². The first-order chi connectivity index (χ1) is 6.74. The fourth-order valence-electron chi connectivity index (χ4n) is 1.58. The minimum absolute atomic E-state index is 0.673. The predicted octanol–water partition coefficient (Wildman–Crippen LogP) is 3.03. The van der Waals surface area contributed by atoms with E-state index in [1.807, 2.05) is 18.2 Å². The zero-order chi connectivity index (χ0) is 10.1. The zero-order valence-corrected chi connectivity index (χ0v) is 8.67. The number of aryl methyl sites for hydroxylation is 1. The first-order valence-electron chi connectivity index (χ1n) is 4.55. The van der Waals surface area contributed by atoms with Crippen LogP contribution in [0.2, 0.25) is 5.02 Å². The molecule has 72 valence electrons. The van der Waals surface area contributed by atoms with Gasteiger partial charge in [0.1, 0.15) is 0 Å². The Kier molecular flexibility index (Phi) is 2.30. The number of nitrogens with zero attached hydrogens (tertiary/aromatic N) is 1. The monoisotopic (exact) mass is 206 g/mol. The average Bonchev–Trinajstić information content (AvgIpc) is 2.23. The van der Waals surface area contributed by atoms with Gasteiger partial charge in [-0.2, -0.15) is 0 Å². The summed E-state index contributed by atoms with van der Waals surface area (Å²) in [7, 11) is 0. The number of halogens is 1. The van der Waals surface area contributed by atoms with Crippen molar-refractivity contribution in [2.45, 2.75) is 13.3 Å². The van der Waals surface area contributed by atoms with Crippen molar-refractivity contribution in [3.8, 4) is 0 Å². The highest BCUT2D eigenvalue weighted by molar-refractivity contribution is 6.35. The molecule has 0 amide bonds. The molecule has 0 unspecified atom stereocenters. The standard InChI is InChI=1S/C11H11ClN2/c1-2-7-6-9(12)11-8(10(7)13)4-3-5-14-11/h3-6H,2,13H2,1H3. The summed E-state index contributed by atoms with van der Waals surface area (Å²) < 4.78 is 0. The Morgan fingerprint density at radius 1 is 1.50 bits per heavy atom. The second-order valence-electron chi connectivity index (χ2n) is 3.18. The number of hydrogen-bond acceptors (Lipinski definition) is 2. The van der Waals surface area contributed by atoms with E-state index in [4.69, 9.17) is 17.3 Å². The molecule has 0 saturated heterocycles. The number of aromatic nitrogens is 1. The van der Waals surface area contributed by atoms with Crippen LogP contribution in [0.5, 0.6) is 0 Å². The third-order valence-electron chi connectivity index (χ3n) is 2.35. The molecule has 14 heavy (non-hydrogen) atoms. The Morgan fingerprint density at radius 3 is 3.00 bits per heavy atom. The summed E-state index contributed by atoms with van der Waals surface area (Å²) in [6.07, 6.45) is 2.61. The molecule has 0 aliphatic heterocycles. The summed E-state index contributed by atoms with van der Waals surface area (Å²) in [5.41, 5.74) is 8.65. The van der Waals surface area contributed by atoms with E-state index in [1.54, 1.807) is 6.20 Å². The summed E-state index contributed by atoms with van der Waals surface area (Å²) in [4.78, 5) is 4.21. The van der Waals surface area contributed by atoms with E-state index >= 15 is 0 Å². The summed E-state index contributed by atoms with van der Waals surface area (Å²) in [5, 5.41) is 1.61. The molecule has 0 spiro atoms. The molecule has 0 aliphatic rings. The third-order valence-corrected chi connectivity index (χ3v) is 2.64. The smallest absolute Gasteiger partial charge is 0.0908 e. The summed E-state index contributed by atoms with van der Waals surface area (Å²) in [6.45, 7) is 2.06. The van der Waals surface area contributed by atoms with E-state index in [0.717, 1.165) is 28.6 Å². The minimum atomic E-state index is 0.673. The highest BCUT2D eigenvalue weighted by Crippen LogP contribution is 2.29.